The number of carbonyl (C=O) groups is 1. The first-order valence-electron chi connectivity index (χ1n) is 5.85. The van der Waals surface area contributed by atoms with Crippen LogP contribution >= 0.6 is 11.6 Å². The second-order valence-electron chi connectivity index (χ2n) is 5.53. The summed E-state index contributed by atoms with van der Waals surface area (Å²) >= 11 is 5.71. The molecule has 0 bridgehead atoms. The summed E-state index contributed by atoms with van der Waals surface area (Å²) in [5, 5.41) is 7.19. The quantitative estimate of drug-likeness (QED) is 0.887. The van der Waals surface area contributed by atoms with Gasteiger partial charge in [-0.3, -0.25) is 4.79 Å². The van der Waals surface area contributed by atoms with Gasteiger partial charge in [0, 0.05) is 6.04 Å². The van der Waals surface area contributed by atoms with Gasteiger partial charge in [0.2, 0.25) is 10.0 Å². The van der Waals surface area contributed by atoms with Crippen LogP contribution in [0.3, 0.4) is 0 Å². The molecular weight excluding hydrogens is 307 g/mol. The Labute approximate surface area is 121 Å². The zero-order valence-electron chi connectivity index (χ0n) is 10.9. The van der Waals surface area contributed by atoms with Crippen LogP contribution in [0.1, 0.15) is 30.6 Å². The van der Waals surface area contributed by atoms with Crippen molar-refractivity contribution in [3.8, 4) is 0 Å². The molecule has 0 heterocycles. The van der Waals surface area contributed by atoms with E-state index in [2.05, 4.69) is 5.32 Å². The van der Waals surface area contributed by atoms with E-state index in [0.29, 0.717) is 6.07 Å². The topological polar surface area (TPSA) is 89.3 Å². The number of hydrogen-bond acceptors (Lipinski definition) is 3. The van der Waals surface area contributed by atoms with Crippen molar-refractivity contribution in [3.63, 3.8) is 0 Å². The molecule has 110 valence electrons. The number of hydrogen-bond donors (Lipinski definition) is 2. The molecule has 0 aliphatic heterocycles. The predicted octanol–water partition coefficient (Wildman–Crippen LogP) is 1.65. The fourth-order valence-electron chi connectivity index (χ4n) is 1.84. The van der Waals surface area contributed by atoms with Gasteiger partial charge in [0.25, 0.3) is 5.91 Å². The average Bonchev–Trinajstić information content (AvgIpc) is 2.87. The number of amides is 1. The molecule has 1 aliphatic carbocycles. The molecule has 0 spiro atoms. The Hall–Kier alpha value is -1.18. The lowest BCUT2D eigenvalue weighted by atomic mass is 10.1. The molecule has 1 atom stereocenters. The maximum Gasteiger partial charge on any atom is 0.253 e. The zero-order valence-corrected chi connectivity index (χ0v) is 12.5. The first-order valence-corrected chi connectivity index (χ1v) is 7.77. The van der Waals surface area contributed by atoms with Crippen molar-refractivity contribution in [2.24, 2.45) is 10.6 Å². The molecule has 1 aliphatic rings. The molecule has 1 aromatic rings. The molecule has 3 N–H and O–H groups in total. The number of primary sulfonamides is 1. The van der Waals surface area contributed by atoms with E-state index in [-0.39, 0.29) is 17.0 Å². The van der Waals surface area contributed by atoms with Crippen LogP contribution in [0, 0.1) is 11.2 Å². The molecule has 1 amide bonds. The van der Waals surface area contributed by atoms with Gasteiger partial charge in [0.1, 0.15) is 5.82 Å². The van der Waals surface area contributed by atoms with E-state index < -0.39 is 31.7 Å². The molecule has 0 saturated heterocycles. The van der Waals surface area contributed by atoms with Crippen LogP contribution in [0.25, 0.3) is 0 Å². The Balaban J connectivity index is 2.36. The normalized spacial score (nSPS) is 20.6. The molecule has 2 rings (SSSR count). The van der Waals surface area contributed by atoms with Gasteiger partial charge in [0.05, 0.1) is 15.5 Å². The lowest BCUT2D eigenvalue weighted by molar-refractivity contribution is 0.0946. The third kappa shape index (κ3) is 2.94. The Kier molecular flexibility index (Phi) is 3.56. The van der Waals surface area contributed by atoms with Crippen LogP contribution in [0.5, 0.6) is 0 Å². The second-order valence-corrected chi connectivity index (χ2v) is 7.47. The Morgan fingerprint density at radius 3 is 2.50 bits per heavy atom. The molecule has 1 fully saturated rings. The van der Waals surface area contributed by atoms with E-state index in [1.165, 1.54) is 0 Å². The first-order chi connectivity index (χ1) is 9.02. The third-order valence-electron chi connectivity index (χ3n) is 3.39. The number of nitrogens with two attached hydrogens (primary N) is 1. The Morgan fingerprint density at radius 1 is 1.50 bits per heavy atom. The molecule has 1 saturated carbocycles. The molecule has 8 heteroatoms. The van der Waals surface area contributed by atoms with Crippen molar-refractivity contribution >= 4 is 27.5 Å². The maximum absolute atomic E-state index is 13.6. The van der Waals surface area contributed by atoms with Gasteiger partial charge < -0.3 is 5.32 Å². The highest BCUT2D eigenvalue weighted by Gasteiger charge is 2.46. The van der Waals surface area contributed by atoms with Gasteiger partial charge >= 0.3 is 0 Å². The fourth-order valence-corrected chi connectivity index (χ4v) is 2.59. The fraction of sp³-hybridized carbons (Fsp3) is 0.417. The molecule has 5 nitrogen and oxygen atoms in total. The standard InChI is InChI=1S/C12H14ClFN2O3S/c1-12(2)5-9(12)16-11(17)7-3-6(20(15,18)19)4-8(14)10(7)13/h3-4,9H,5H2,1-2H3,(H,16,17)(H2,15,18,19). The number of rotatable bonds is 3. The molecule has 0 aromatic heterocycles. The minimum absolute atomic E-state index is 0.0156. The van der Waals surface area contributed by atoms with Gasteiger partial charge in [-0.15, -0.1) is 0 Å². The minimum atomic E-state index is -4.11. The van der Waals surface area contributed by atoms with Crippen LogP contribution < -0.4 is 10.5 Å². The van der Waals surface area contributed by atoms with E-state index in [9.17, 15) is 17.6 Å². The van der Waals surface area contributed by atoms with Gasteiger partial charge in [0.15, 0.2) is 0 Å². The second kappa shape index (κ2) is 4.68. The van der Waals surface area contributed by atoms with Crippen LogP contribution in [-0.4, -0.2) is 20.4 Å². The molecular formula is C12H14ClFN2O3S. The number of nitrogens with one attached hydrogen (secondary N) is 1. The van der Waals surface area contributed by atoms with Gasteiger partial charge in [-0.05, 0) is 24.0 Å². The third-order valence-corrected chi connectivity index (χ3v) is 4.67. The lowest BCUT2D eigenvalue weighted by Crippen LogP contribution is -2.29. The van der Waals surface area contributed by atoms with E-state index in [1.807, 2.05) is 13.8 Å². The summed E-state index contributed by atoms with van der Waals surface area (Å²) in [6.07, 6.45) is 0.799. The zero-order chi connectivity index (χ0) is 15.3. The summed E-state index contributed by atoms with van der Waals surface area (Å²) in [5.74, 6) is -1.62. The Bertz CT molecular complexity index is 688. The smallest absolute Gasteiger partial charge is 0.253 e. The number of sulfonamides is 1. The molecule has 1 aromatic carbocycles. The van der Waals surface area contributed by atoms with E-state index in [0.717, 1.165) is 12.5 Å². The SMILES string of the molecule is CC1(C)CC1NC(=O)c1cc(S(N)(=O)=O)cc(F)c1Cl. The highest BCUT2D eigenvalue weighted by Crippen LogP contribution is 2.44. The highest BCUT2D eigenvalue weighted by molar-refractivity contribution is 7.89. The largest absolute Gasteiger partial charge is 0.349 e. The van der Waals surface area contributed by atoms with Crippen molar-refractivity contribution < 1.29 is 17.6 Å². The monoisotopic (exact) mass is 320 g/mol. The highest BCUT2D eigenvalue weighted by atomic mass is 35.5. The van der Waals surface area contributed by atoms with E-state index in [4.69, 9.17) is 16.7 Å². The molecule has 1 unspecified atom stereocenters. The first kappa shape index (κ1) is 15.2. The van der Waals surface area contributed by atoms with Gasteiger partial charge in [-0.2, -0.15) is 0 Å². The van der Waals surface area contributed by atoms with Gasteiger partial charge in [-0.25, -0.2) is 17.9 Å². The van der Waals surface area contributed by atoms with Crippen LogP contribution in [0.2, 0.25) is 5.02 Å². The average molecular weight is 321 g/mol. The van der Waals surface area contributed by atoms with Crippen molar-refractivity contribution in [1.82, 2.24) is 5.32 Å². The maximum atomic E-state index is 13.6. The lowest BCUT2D eigenvalue weighted by Gasteiger charge is -2.10. The molecule has 0 radical (unpaired) electrons. The summed E-state index contributed by atoms with van der Waals surface area (Å²) in [4.78, 5) is 11.6. The minimum Gasteiger partial charge on any atom is -0.349 e. The van der Waals surface area contributed by atoms with Crippen molar-refractivity contribution in [2.75, 3.05) is 0 Å². The number of carbonyl (C=O) groups excluding carboxylic acids is 1. The summed E-state index contributed by atoms with van der Waals surface area (Å²) in [7, 11) is -4.11. The van der Waals surface area contributed by atoms with Crippen LogP contribution in [0.4, 0.5) is 4.39 Å². The Morgan fingerprint density at radius 2 is 2.05 bits per heavy atom. The van der Waals surface area contributed by atoms with Crippen LogP contribution in [0.15, 0.2) is 17.0 Å². The van der Waals surface area contributed by atoms with Crippen molar-refractivity contribution in [1.29, 1.82) is 0 Å². The summed E-state index contributed by atoms with van der Waals surface area (Å²) in [5.41, 5.74) is -0.253. The number of halogens is 2. The van der Waals surface area contributed by atoms with Gasteiger partial charge in [-0.1, -0.05) is 25.4 Å². The predicted molar refractivity (Wildman–Crippen MR) is 72.4 cm³/mol. The van der Waals surface area contributed by atoms with Crippen molar-refractivity contribution in [2.45, 2.75) is 31.2 Å². The molecule has 20 heavy (non-hydrogen) atoms. The summed E-state index contributed by atoms with van der Waals surface area (Å²) < 4.78 is 36.1. The van der Waals surface area contributed by atoms with Crippen molar-refractivity contribution in [3.05, 3.63) is 28.5 Å². The van der Waals surface area contributed by atoms with E-state index in [1.54, 1.807) is 0 Å². The number of benzene rings is 1. The van der Waals surface area contributed by atoms with Crippen LogP contribution in [-0.2, 0) is 10.0 Å². The summed E-state index contributed by atoms with van der Waals surface area (Å²) in [6, 6.07) is 1.63. The summed E-state index contributed by atoms with van der Waals surface area (Å²) in [6.45, 7) is 3.95. The van der Waals surface area contributed by atoms with E-state index >= 15 is 0 Å².